The third kappa shape index (κ3) is 2.85. The molecule has 1 N–H and O–H groups in total. The SMILES string of the molecule is CN1CCC(O)(CC2CCCc3ccccc32)CC1. The highest BCUT2D eigenvalue weighted by Crippen LogP contribution is 2.39. The van der Waals surface area contributed by atoms with E-state index in [4.69, 9.17) is 0 Å². The molecule has 0 spiro atoms. The predicted molar refractivity (Wildman–Crippen MR) is 78.4 cm³/mol. The Morgan fingerprint density at radius 1 is 1.26 bits per heavy atom. The van der Waals surface area contributed by atoms with Crippen LogP contribution in [-0.4, -0.2) is 35.7 Å². The summed E-state index contributed by atoms with van der Waals surface area (Å²) >= 11 is 0. The van der Waals surface area contributed by atoms with Crippen LogP contribution in [0.2, 0.25) is 0 Å². The fraction of sp³-hybridized carbons (Fsp3) is 0.647. The van der Waals surface area contributed by atoms with Gasteiger partial charge < -0.3 is 10.0 Å². The predicted octanol–water partition coefficient (Wildman–Crippen LogP) is 2.95. The number of hydrogen-bond donors (Lipinski definition) is 1. The van der Waals surface area contributed by atoms with Crippen molar-refractivity contribution in [2.75, 3.05) is 20.1 Å². The minimum absolute atomic E-state index is 0.429. The Kier molecular flexibility index (Phi) is 3.64. The summed E-state index contributed by atoms with van der Waals surface area (Å²) in [7, 11) is 2.15. The van der Waals surface area contributed by atoms with Crippen molar-refractivity contribution in [2.24, 2.45) is 0 Å². The van der Waals surface area contributed by atoms with E-state index in [1.165, 1.54) is 30.4 Å². The molecular weight excluding hydrogens is 234 g/mol. The van der Waals surface area contributed by atoms with E-state index in [-0.39, 0.29) is 0 Å². The van der Waals surface area contributed by atoms with Gasteiger partial charge in [0.2, 0.25) is 0 Å². The normalized spacial score (nSPS) is 26.9. The van der Waals surface area contributed by atoms with Crippen LogP contribution in [0.4, 0.5) is 0 Å². The van der Waals surface area contributed by atoms with Crippen LogP contribution in [0.3, 0.4) is 0 Å². The number of piperidine rings is 1. The van der Waals surface area contributed by atoms with E-state index in [0.717, 1.165) is 32.4 Å². The van der Waals surface area contributed by atoms with Gasteiger partial charge in [0, 0.05) is 13.1 Å². The average molecular weight is 259 g/mol. The minimum Gasteiger partial charge on any atom is -0.390 e. The summed E-state index contributed by atoms with van der Waals surface area (Å²) < 4.78 is 0. The van der Waals surface area contributed by atoms with Gasteiger partial charge in [-0.1, -0.05) is 24.3 Å². The number of likely N-dealkylation sites (tertiary alicyclic amines) is 1. The van der Waals surface area contributed by atoms with Crippen LogP contribution in [0.25, 0.3) is 0 Å². The zero-order valence-electron chi connectivity index (χ0n) is 11.9. The number of benzene rings is 1. The Labute approximate surface area is 116 Å². The van der Waals surface area contributed by atoms with Gasteiger partial charge in [0.05, 0.1) is 5.60 Å². The first-order valence-corrected chi connectivity index (χ1v) is 7.65. The van der Waals surface area contributed by atoms with Crippen LogP contribution in [0.15, 0.2) is 24.3 Å². The second-order valence-electron chi connectivity index (χ2n) is 6.52. The highest BCUT2D eigenvalue weighted by Gasteiger charge is 2.35. The van der Waals surface area contributed by atoms with Crippen LogP contribution in [0.5, 0.6) is 0 Å². The summed E-state index contributed by atoms with van der Waals surface area (Å²) in [5, 5.41) is 10.8. The van der Waals surface area contributed by atoms with Crippen molar-refractivity contribution in [1.29, 1.82) is 0 Å². The molecule has 1 aromatic carbocycles. The van der Waals surface area contributed by atoms with Crippen molar-refractivity contribution in [3.63, 3.8) is 0 Å². The maximum atomic E-state index is 10.8. The molecule has 0 amide bonds. The topological polar surface area (TPSA) is 23.5 Å². The third-order valence-corrected chi connectivity index (χ3v) is 5.04. The van der Waals surface area contributed by atoms with Crippen molar-refractivity contribution in [3.05, 3.63) is 35.4 Å². The fourth-order valence-corrected chi connectivity index (χ4v) is 3.76. The summed E-state index contributed by atoms with van der Waals surface area (Å²) in [6.07, 6.45) is 6.56. The highest BCUT2D eigenvalue weighted by molar-refractivity contribution is 5.32. The molecule has 1 fully saturated rings. The van der Waals surface area contributed by atoms with Crippen molar-refractivity contribution in [1.82, 2.24) is 4.90 Å². The van der Waals surface area contributed by atoms with Crippen molar-refractivity contribution in [2.45, 2.75) is 50.0 Å². The molecule has 1 aromatic rings. The van der Waals surface area contributed by atoms with Gasteiger partial charge >= 0.3 is 0 Å². The van der Waals surface area contributed by atoms with Gasteiger partial charge in [0.1, 0.15) is 0 Å². The van der Waals surface area contributed by atoms with Gasteiger partial charge in [0.25, 0.3) is 0 Å². The van der Waals surface area contributed by atoms with Crippen LogP contribution in [0, 0.1) is 0 Å². The number of aryl methyl sites for hydroxylation is 1. The van der Waals surface area contributed by atoms with Gasteiger partial charge in [-0.25, -0.2) is 0 Å². The molecule has 3 rings (SSSR count). The van der Waals surface area contributed by atoms with Gasteiger partial charge in [-0.2, -0.15) is 0 Å². The van der Waals surface area contributed by atoms with Gasteiger partial charge in [0.15, 0.2) is 0 Å². The molecule has 1 unspecified atom stereocenters. The number of fused-ring (bicyclic) bond motifs is 1. The molecule has 2 heteroatoms. The molecular formula is C17H25NO. The van der Waals surface area contributed by atoms with Crippen LogP contribution in [0.1, 0.15) is 49.1 Å². The first-order chi connectivity index (χ1) is 9.16. The summed E-state index contributed by atoms with van der Waals surface area (Å²) in [5.41, 5.74) is 2.58. The lowest BCUT2D eigenvalue weighted by atomic mass is 9.74. The Bertz CT molecular complexity index is 435. The fourth-order valence-electron chi connectivity index (χ4n) is 3.76. The molecule has 1 atom stereocenters. The molecule has 0 radical (unpaired) electrons. The van der Waals surface area contributed by atoms with Crippen LogP contribution in [-0.2, 0) is 6.42 Å². The van der Waals surface area contributed by atoms with E-state index in [1.54, 1.807) is 0 Å². The molecule has 0 saturated carbocycles. The Balaban J connectivity index is 1.74. The maximum Gasteiger partial charge on any atom is 0.0678 e. The van der Waals surface area contributed by atoms with Crippen LogP contribution >= 0.6 is 0 Å². The molecule has 1 heterocycles. The first-order valence-electron chi connectivity index (χ1n) is 7.65. The highest BCUT2D eigenvalue weighted by atomic mass is 16.3. The second-order valence-corrected chi connectivity index (χ2v) is 6.52. The number of aliphatic hydroxyl groups is 1. The van der Waals surface area contributed by atoms with Gasteiger partial charge in [-0.15, -0.1) is 0 Å². The number of hydrogen-bond acceptors (Lipinski definition) is 2. The molecule has 1 saturated heterocycles. The quantitative estimate of drug-likeness (QED) is 0.882. The van der Waals surface area contributed by atoms with E-state index < -0.39 is 5.60 Å². The van der Waals surface area contributed by atoms with Crippen molar-refractivity contribution in [3.8, 4) is 0 Å². The number of nitrogens with zero attached hydrogens (tertiary/aromatic N) is 1. The summed E-state index contributed by atoms with van der Waals surface area (Å²) in [6.45, 7) is 2.07. The molecule has 1 aliphatic heterocycles. The summed E-state index contributed by atoms with van der Waals surface area (Å²) in [4.78, 5) is 2.32. The summed E-state index contributed by atoms with van der Waals surface area (Å²) in [5.74, 6) is 0.568. The van der Waals surface area contributed by atoms with Crippen molar-refractivity contribution < 1.29 is 5.11 Å². The smallest absolute Gasteiger partial charge is 0.0678 e. The Morgan fingerprint density at radius 3 is 2.79 bits per heavy atom. The van der Waals surface area contributed by atoms with E-state index in [1.807, 2.05) is 0 Å². The largest absolute Gasteiger partial charge is 0.390 e. The van der Waals surface area contributed by atoms with E-state index in [2.05, 4.69) is 36.2 Å². The summed E-state index contributed by atoms with van der Waals surface area (Å²) in [6, 6.07) is 8.83. The molecule has 104 valence electrons. The molecule has 0 aromatic heterocycles. The molecule has 2 nitrogen and oxygen atoms in total. The average Bonchev–Trinajstić information content (AvgIpc) is 2.43. The van der Waals surface area contributed by atoms with Crippen molar-refractivity contribution >= 4 is 0 Å². The zero-order chi connectivity index (χ0) is 13.3. The van der Waals surface area contributed by atoms with E-state index >= 15 is 0 Å². The standard InChI is InChI=1S/C17H25NO/c1-18-11-9-17(19,10-12-18)13-15-7-4-6-14-5-2-3-8-16(14)15/h2-3,5,8,15,19H,4,6-7,9-13H2,1H3. The third-order valence-electron chi connectivity index (χ3n) is 5.04. The molecule has 0 bridgehead atoms. The van der Waals surface area contributed by atoms with Crippen LogP contribution < -0.4 is 0 Å². The second kappa shape index (κ2) is 5.26. The Hall–Kier alpha value is -0.860. The minimum atomic E-state index is -0.429. The lowest BCUT2D eigenvalue weighted by Crippen LogP contribution is -2.43. The molecule has 19 heavy (non-hydrogen) atoms. The van der Waals surface area contributed by atoms with E-state index in [0.29, 0.717) is 5.92 Å². The Morgan fingerprint density at radius 2 is 2.00 bits per heavy atom. The first kappa shape index (κ1) is 13.1. The molecule has 1 aliphatic carbocycles. The molecule has 2 aliphatic rings. The maximum absolute atomic E-state index is 10.8. The van der Waals surface area contributed by atoms with Gasteiger partial charge in [-0.05, 0) is 62.6 Å². The zero-order valence-corrected chi connectivity index (χ0v) is 11.9. The lowest BCUT2D eigenvalue weighted by Gasteiger charge is -2.40. The monoisotopic (exact) mass is 259 g/mol. The lowest BCUT2D eigenvalue weighted by molar-refractivity contribution is -0.0286. The van der Waals surface area contributed by atoms with E-state index in [9.17, 15) is 5.11 Å². The number of rotatable bonds is 2. The van der Waals surface area contributed by atoms with Gasteiger partial charge in [-0.3, -0.25) is 0 Å².